The second-order valence-corrected chi connectivity index (χ2v) is 8.48. The Morgan fingerprint density at radius 1 is 1.13 bits per heavy atom. The standard InChI is InChI=1S/C23H36N6O.HI/c1-18-21(19(2)29(27-18)16-20-9-7-6-8-10-20)15-25-22(24-5)26-17-23(3,4)28-11-13-30-14-12-28;/h6-10H,11-17H2,1-5H3,(H2,24,25,26);1H. The second kappa shape index (κ2) is 11.8. The highest BCUT2D eigenvalue weighted by Gasteiger charge is 2.28. The van der Waals surface area contributed by atoms with Gasteiger partial charge >= 0.3 is 0 Å². The van der Waals surface area contributed by atoms with E-state index in [0.717, 1.165) is 51.0 Å². The summed E-state index contributed by atoms with van der Waals surface area (Å²) in [7, 11) is 1.82. The van der Waals surface area contributed by atoms with Gasteiger partial charge in [-0.15, -0.1) is 24.0 Å². The highest BCUT2D eigenvalue weighted by atomic mass is 127. The molecule has 7 nitrogen and oxygen atoms in total. The summed E-state index contributed by atoms with van der Waals surface area (Å²) < 4.78 is 7.57. The number of hydrogen-bond acceptors (Lipinski definition) is 4. The van der Waals surface area contributed by atoms with Crippen molar-refractivity contribution in [3.8, 4) is 0 Å². The molecule has 2 aromatic rings. The number of aliphatic imine (C=N–C) groups is 1. The highest BCUT2D eigenvalue weighted by Crippen LogP contribution is 2.16. The van der Waals surface area contributed by atoms with E-state index < -0.39 is 0 Å². The molecule has 0 saturated carbocycles. The molecule has 172 valence electrons. The first-order valence-electron chi connectivity index (χ1n) is 10.7. The fourth-order valence-electron chi connectivity index (χ4n) is 3.87. The molecule has 2 heterocycles. The number of benzene rings is 1. The van der Waals surface area contributed by atoms with E-state index >= 15 is 0 Å². The number of hydrogen-bond donors (Lipinski definition) is 2. The van der Waals surface area contributed by atoms with Crippen molar-refractivity contribution in [2.24, 2.45) is 4.99 Å². The van der Waals surface area contributed by atoms with Gasteiger partial charge in [0.15, 0.2) is 5.96 Å². The van der Waals surface area contributed by atoms with Crippen molar-refractivity contribution >= 4 is 29.9 Å². The Morgan fingerprint density at radius 3 is 2.45 bits per heavy atom. The van der Waals surface area contributed by atoms with E-state index in [2.05, 4.69) is 77.2 Å². The van der Waals surface area contributed by atoms with E-state index in [0.29, 0.717) is 6.54 Å². The van der Waals surface area contributed by atoms with Crippen molar-refractivity contribution in [3.63, 3.8) is 0 Å². The molecule has 0 radical (unpaired) electrons. The molecule has 0 unspecified atom stereocenters. The average Bonchev–Trinajstić information content (AvgIpc) is 3.02. The van der Waals surface area contributed by atoms with Crippen LogP contribution < -0.4 is 10.6 Å². The van der Waals surface area contributed by atoms with Gasteiger partial charge in [-0.05, 0) is 33.3 Å². The number of nitrogens with zero attached hydrogens (tertiary/aromatic N) is 4. The number of aromatic nitrogens is 2. The molecule has 1 aromatic heterocycles. The Labute approximate surface area is 203 Å². The first kappa shape index (κ1) is 25.6. The number of aryl methyl sites for hydroxylation is 1. The van der Waals surface area contributed by atoms with E-state index in [9.17, 15) is 0 Å². The van der Waals surface area contributed by atoms with Crippen molar-refractivity contribution in [1.82, 2.24) is 25.3 Å². The predicted molar refractivity (Wildman–Crippen MR) is 137 cm³/mol. The zero-order valence-corrected chi connectivity index (χ0v) is 21.8. The molecule has 0 spiro atoms. The number of rotatable bonds is 7. The SMILES string of the molecule is CN=C(NCc1c(C)nn(Cc2ccccc2)c1C)NCC(C)(C)N1CCOCC1.I. The van der Waals surface area contributed by atoms with Crippen molar-refractivity contribution in [2.75, 3.05) is 39.9 Å². The fraction of sp³-hybridized carbons (Fsp3) is 0.565. The maximum Gasteiger partial charge on any atom is 0.191 e. The molecule has 1 aromatic carbocycles. The van der Waals surface area contributed by atoms with Crippen LogP contribution in [0.15, 0.2) is 35.3 Å². The van der Waals surface area contributed by atoms with Gasteiger partial charge in [0.25, 0.3) is 0 Å². The van der Waals surface area contributed by atoms with Gasteiger partial charge in [-0.2, -0.15) is 5.10 Å². The third-order valence-corrected chi connectivity index (χ3v) is 5.92. The molecular weight excluding hydrogens is 503 g/mol. The van der Waals surface area contributed by atoms with Gasteiger partial charge in [-0.3, -0.25) is 14.6 Å². The van der Waals surface area contributed by atoms with Crippen molar-refractivity contribution in [2.45, 2.75) is 46.3 Å². The number of guanidine groups is 1. The normalized spacial score (nSPS) is 15.5. The first-order chi connectivity index (χ1) is 14.4. The largest absolute Gasteiger partial charge is 0.379 e. The van der Waals surface area contributed by atoms with Gasteiger partial charge in [0.05, 0.1) is 25.5 Å². The summed E-state index contributed by atoms with van der Waals surface area (Å²) in [6.45, 7) is 14.6. The molecule has 3 rings (SSSR count). The minimum absolute atomic E-state index is 0. The van der Waals surface area contributed by atoms with Crippen LogP contribution >= 0.6 is 24.0 Å². The van der Waals surface area contributed by atoms with Crippen molar-refractivity contribution in [3.05, 3.63) is 52.8 Å². The molecule has 0 aliphatic carbocycles. The minimum atomic E-state index is 0. The highest BCUT2D eigenvalue weighted by molar-refractivity contribution is 14.0. The van der Waals surface area contributed by atoms with Crippen LogP contribution in [0, 0.1) is 13.8 Å². The van der Waals surface area contributed by atoms with Crippen LogP contribution in [0.3, 0.4) is 0 Å². The third kappa shape index (κ3) is 6.92. The summed E-state index contributed by atoms with van der Waals surface area (Å²) in [5.41, 5.74) is 4.76. The second-order valence-electron chi connectivity index (χ2n) is 8.48. The quantitative estimate of drug-likeness (QED) is 0.321. The summed E-state index contributed by atoms with van der Waals surface area (Å²) in [6.07, 6.45) is 0. The predicted octanol–water partition coefficient (Wildman–Crippen LogP) is 2.94. The molecule has 1 aliphatic rings. The van der Waals surface area contributed by atoms with Gasteiger partial charge in [0, 0.05) is 50.0 Å². The van der Waals surface area contributed by atoms with Crippen LogP contribution in [0.4, 0.5) is 0 Å². The first-order valence-corrected chi connectivity index (χ1v) is 10.7. The zero-order chi connectivity index (χ0) is 21.6. The number of ether oxygens (including phenoxy) is 1. The molecule has 1 fully saturated rings. The Hall–Kier alpha value is -1.65. The maximum absolute atomic E-state index is 5.48. The fourth-order valence-corrected chi connectivity index (χ4v) is 3.87. The third-order valence-electron chi connectivity index (χ3n) is 5.92. The summed E-state index contributed by atoms with van der Waals surface area (Å²) in [5, 5.41) is 11.7. The van der Waals surface area contributed by atoms with Gasteiger partial charge in [0.1, 0.15) is 0 Å². The number of nitrogens with one attached hydrogen (secondary N) is 2. The van der Waals surface area contributed by atoms with E-state index in [4.69, 9.17) is 9.84 Å². The Bertz CT molecular complexity index is 843. The Balaban J connectivity index is 0.00000341. The molecular formula is C23H37IN6O. The van der Waals surface area contributed by atoms with Crippen LogP contribution in [0.25, 0.3) is 0 Å². The number of morpholine rings is 1. The molecule has 0 atom stereocenters. The Morgan fingerprint density at radius 2 is 1.81 bits per heavy atom. The van der Waals surface area contributed by atoms with Crippen LogP contribution in [0.1, 0.15) is 36.4 Å². The maximum atomic E-state index is 5.48. The Kier molecular flexibility index (Phi) is 9.77. The summed E-state index contributed by atoms with van der Waals surface area (Å²) in [6, 6.07) is 10.4. The average molecular weight is 540 g/mol. The van der Waals surface area contributed by atoms with Gasteiger partial charge in [-0.1, -0.05) is 30.3 Å². The van der Waals surface area contributed by atoms with Crippen LogP contribution in [-0.4, -0.2) is 66.1 Å². The van der Waals surface area contributed by atoms with Gasteiger partial charge < -0.3 is 15.4 Å². The van der Waals surface area contributed by atoms with Crippen molar-refractivity contribution in [1.29, 1.82) is 0 Å². The summed E-state index contributed by atoms with van der Waals surface area (Å²) >= 11 is 0. The van der Waals surface area contributed by atoms with Crippen molar-refractivity contribution < 1.29 is 4.74 Å². The molecule has 2 N–H and O–H groups in total. The summed E-state index contributed by atoms with van der Waals surface area (Å²) in [5.74, 6) is 0.811. The van der Waals surface area contributed by atoms with E-state index in [1.54, 1.807) is 0 Å². The monoisotopic (exact) mass is 540 g/mol. The van der Waals surface area contributed by atoms with Gasteiger partial charge in [0.2, 0.25) is 0 Å². The zero-order valence-electron chi connectivity index (χ0n) is 19.4. The lowest BCUT2D eigenvalue weighted by molar-refractivity contribution is -0.00834. The molecule has 1 saturated heterocycles. The lowest BCUT2D eigenvalue weighted by Crippen LogP contribution is -2.56. The molecule has 8 heteroatoms. The lowest BCUT2D eigenvalue weighted by Gasteiger charge is -2.41. The van der Waals surface area contributed by atoms with Crippen LogP contribution in [-0.2, 0) is 17.8 Å². The van der Waals surface area contributed by atoms with E-state index in [1.807, 2.05) is 13.1 Å². The van der Waals surface area contributed by atoms with E-state index in [1.165, 1.54) is 16.8 Å². The molecule has 1 aliphatic heterocycles. The molecule has 0 amide bonds. The molecule has 0 bridgehead atoms. The number of halogens is 1. The van der Waals surface area contributed by atoms with E-state index in [-0.39, 0.29) is 29.5 Å². The summed E-state index contributed by atoms with van der Waals surface area (Å²) in [4.78, 5) is 6.88. The minimum Gasteiger partial charge on any atom is -0.379 e. The molecule has 31 heavy (non-hydrogen) atoms. The van der Waals surface area contributed by atoms with Crippen LogP contribution in [0.5, 0.6) is 0 Å². The topological polar surface area (TPSA) is 66.7 Å². The van der Waals surface area contributed by atoms with Gasteiger partial charge in [-0.25, -0.2) is 0 Å². The lowest BCUT2D eigenvalue weighted by atomic mass is 10.0. The smallest absolute Gasteiger partial charge is 0.191 e. The van der Waals surface area contributed by atoms with Crippen LogP contribution in [0.2, 0.25) is 0 Å².